The van der Waals surface area contributed by atoms with Crippen LogP contribution in [0.15, 0.2) is 0 Å². The van der Waals surface area contributed by atoms with Crippen molar-refractivity contribution in [2.24, 2.45) is 5.92 Å². The van der Waals surface area contributed by atoms with E-state index in [2.05, 4.69) is 39.6 Å². The predicted octanol–water partition coefficient (Wildman–Crippen LogP) is 6.32. The van der Waals surface area contributed by atoms with E-state index in [9.17, 15) is 0 Å². The van der Waals surface area contributed by atoms with E-state index in [1.165, 1.54) is 55.3 Å². The molecule has 2 bridgehead atoms. The Morgan fingerprint density at radius 3 is 1.64 bits per heavy atom. The van der Waals surface area contributed by atoms with Gasteiger partial charge >= 0.3 is 145 Å². The van der Waals surface area contributed by atoms with Crippen molar-refractivity contribution in [3.05, 3.63) is 0 Å². The Bertz CT molecular complexity index is 308. The molecular weight excluding hydrogens is 373 g/mol. The summed E-state index contributed by atoms with van der Waals surface area (Å²) >= 11 is -2.03. The maximum atomic E-state index is 2.82. The van der Waals surface area contributed by atoms with E-state index in [1.807, 2.05) is 0 Å². The Morgan fingerprint density at radius 1 is 0.818 bits per heavy atom. The molecule has 0 amide bonds. The zero-order chi connectivity index (χ0) is 16.2. The van der Waals surface area contributed by atoms with Crippen molar-refractivity contribution in [3.63, 3.8) is 0 Å². The normalized spacial score (nSPS) is 32.0. The quantitative estimate of drug-likeness (QED) is 0.378. The Balaban J connectivity index is 2.23. The first-order valence-corrected chi connectivity index (χ1v) is 18.0. The molecule has 4 unspecified atom stereocenters. The summed E-state index contributed by atoms with van der Waals surface area (Å²) in [7, 11) is 2.45. The van der Waals surface area contributed by atoms with Crippen LogP contribution in [-0.2, 0) is 0 Å². The van der Waals surface area contributed by atoms with Crippen LogP contribution in [0.5, 0.6) is 0 Å². The Hall–Kier alpha value is 0.759. The van der Waals surface area contributed by atoms with Gasteiger partial charge in [-0.05, 0) is 0 Å². The second-order valence-corrected chi connectivity index (χ2v) is 22.4. The number of rotatable bonds is 10. The van der Waals surface area contributed by atoms with Gasteiger partial charge in [-0.2, -0.15) is 0 Å². The third-order valence-electron chi connectivity index (χ3n) is 7.18. The second-order valence-electron chi connectivity index (χ2n) is 8.44. The van der Waals surface area contributed by atoms with Gasteiger partial charge in [-0.3, -0.25) is 0 Å². The number of unbranched alkanes of at least 4 members (excludes halogenated alkanes) is 3. The second kappa shape index (κ2) is 8.74. The van der Waals surface area contributed by atoms with E-state index in [0.29, 0.717) is 0 Å². The van der Waals surface area contributed by atoms with Gasteiger partial charge in [-0.15, -0.1) is 0 Å². The molecule has 0 spiro atoms. The first kappa shape index (κ1) is 19.1. The van der Waals surface area contributed by atoms with Gasteiger partial charge in [0.05, 0.1) is 0 Å². The minimum absolute atomic E-state index is 0.941. The topological polar surface area (TPSA) is 3.24 Å². The summed E-state index contributed by atoms with van der Waals surface area (Å²) in [5, 5.41) is 0. The fourth-order valence-corrected chi connectivity index (χ4v) is 27.4. The van der Waals surface area contributed by atoms with Crippen molar-refractivity contribution in [1.82, 2.24) is 4.90 Å². The van der Waals surface area contributed by atoms with E-state index in [4.69, 9.17) is 0 Å². The van der Waals surface area contributed by atoms with Crippen molar-refractivity contribution in [3.8, 4) is 0 Å². The number of nitrogens with zero attached hydrogens (tertiary/aromatic N) is 1. The average Bonchev–Trinajstić information content (AvgIpc) is 3.00. The molecule has 0 N–H and O–H groups in total. The first-order chi connectivity index (χ1) is 10.6. The van der Waals surface area contributed by atoms with Crippen LogP contribution in [0.4, 0.5) is 0 Å². The van der Waals surface area contributed by atoms with Gasteiger partial charge in [-0.1, -0.05) is 0 Å². The molecule has 4 atom stereocenters. The summed E-state index contributed by atoms with van der Waals surface area (Å²) in [6, 6.07) is 1.93. The fraction of sp³-hybridized carbons (Fsp3) is 1.00. The summed E-state index contributed by atoms with van der Waals surface area (Å²) in [6.45, 7) is 9.87. The molecule has 1 nitrogen and oxygen atoms in total. The van der Waals surface area contributed by atoms with Gasteiger partial charge in [0.15, 0.2) is 0 Å². The van der Waals surface area contributed by atoms with Gasteiger partial charge in [0.25, 0.3) is 0 Å². The molecule has 2 heteroatoms. The Kier molecular flexibility index (Phi) is 7.58. The molecule has 2 fully saturated rings. The monoisotopic (exact) mass is 415 g/mol. The van der Waals surface area contributed by atoms with Crippen LogP contribution in [0.2, 0.25) is 17.2 Å². The Morgan fingerprint density at radius 2 is 1.27 bits per heavy atom. The van der Waals surface area contributed by atoms with Gasteiger partial charge in [0, 0.05) is 0 Å². The molecule has 2 aliphatic rings. The standard InChI is InChI=1S/C8H14N.3C4H9.Sn/c1-6-5-7-3-4-8(6)9(7)2;3*1-3-4-2;/h5-8H,3-4H2,1-2H3;3*1,3-4H2,2H3;. The van der Waals surface area contributed by atoms with Gasteiger partial charge < -0.3 is 0 Å². The van der Waals surface area contributed by atoms with E-state index in [1.54, 1.807) is 13.3 Å². The molecule has 0 aliphatic carbocycles. The molecule has 2 heterocycles. The van der Waals surface area contributed by atoms with Crippen molar-refractivity contribution in [2.45, 2.75) is 108 Å². The maximum absolute atomic E-state index is 2.82. The third-order valence-corrected chi connectivity index (χ3v) is 25.4. The fourth-order valence-electron chi connectivity index (χ4n) is 6.08. The molecule has 0 aromatic rings. The van der Waals surface area contributed by atoms with Crippen molar-refractivity contribution in [2.75, 3.05) is 7.05 Å². The average molecular weight is 414 g/mol. The summed E-state index contributed by atoms with van der Waals surface area (Å²) in [5.74, 6) is 1.02. The van der Waals surface area contributed by atoms with Gasteiger partial charge in [0.1, 0.15) is 0 Å². The Labute approximate surface area is 144 Å². The number of hydrogen-bond acceptors (Lipinski definition) is 1. The number of fused-ring (bicyclic) bond motifs is 2. The molecule has 22 heavy (non-hydrogen) atoms. The zero-order valence-corrected chi connectivity index (χ0v) is 18.9. The van der Waals surface area contributed by atoms with E-state index < -0.39 is 18.4 Å². The molecule has 2 saturated heterocycles. The van der Waals surface area contributed by atoms with Crippen molar-refractivity contribution in [1.29, 1.82) is 0 Å². The zero-order valence-electron chi connectivity index (χ0n) is 16.0. The molecule has 2 aliphatic heterocycles. The van der Waals surface area contributed by atoms with E-state index in [0.717, 1.165) is 18.0 Å². The van der Waals surface area contributed by atoms with E-state index in [-0.39, 0.29) is 0 Å². The van der Waals surface area contributed by atoms with Crippen LogP contribution in [0, 0.1) is 5.92 Å². The summed E-state index contributed by atoms with van der Waals surface area (Å²) in [6.07, 6.45) is 11.9. The van der Waals surface area contributed by atoms with E-state index >= 15 is 0 Å². The summed E-state index contributed by atoms with van der Waals surface area (Å²) < 4.78 is 6.30. The molecular formula is C20H41NSn. The molecule has 0 aromatic carbocycles. The molecule has 0 saturated carbocycles. The summed E-state index contributed by atoms with van der Waals surface area (Å²) in [5.41, 5.74) is 0. The van der Waals surface area contributed by atoms with Crippen LogP contribution in [0.3, 0.4) is 0 Å². The van der Waals surface area contributed by atoms with Crippen LogP contribution in [0.25, 0.3) is 0 Å². The van der Waals surface area contributed by atoms with Crippen LogP contribution >= 0.6 is 0 Å². The van der Waals surface area contributed by atoms with Crippen LogP contribution < -0.4 is 0 Å². The number of hydrogen-bond donors (Lipinski definition) is 0. The molecule has 0 radical (unpaired) electrons. The van der Waals surface area contributed by atoms with Gasteiger partial charge in [-0.25, -0.2) is 0 Å². The molecule has 0 aromatic heterocycles. The predicted molar refractivity (Wildman–Crippen MR) is 102 cm³/mol. The van der Waals surface area contributed by atoms with Gasteiger partial charge in [0.2, 0.25) is 0 Å². The minimum atomic E-state index is -2.03. The van der Waals surface area contributed by atoms with Crippen LogP contribution in [0.1, 0.15) is 79.1 Å². The third kappa shape index (κ3) is 3.71. The summed E-state index contributed by atoms with van der Waals surface area (Å²) in [4.78, 5) is 2.82. The first-order valence-electron chi connectivity index (χ1n) is 10.3. The molecule has 2 rings (SSSR count). The van der Waals surface area contributed by atoms with Crippen molar-refractivity contribution >= 4 is 18.4 Å². The SMILES string of the molecule is CCC[CH2][Sn]([CH2]CCC)([CH2]CCC)[CH]1C(C)C2CCC1N2C. The molecule has 130 valence electrons. The van der Waals surface area contributed by atoms with Crippen molar-refractivity contribution < 1.29 is 0 Å². The van der Waals surface area contributed by atoms with Crippen LogP contribution in [-0.4, -0.2) is 42.4 Å².